The molecule has 1 N–H and O–H groups in total. The highest BCUT2D eigenvalue weighted by atomic mass is 16.5. The normalized spacial score (nSPS) is 22.6. The maximum atomic E-state index is 11.4. The number of hydrogen-bond donors (Lipinski definition) is 1. The van der Waals surface area contributed by atoms with E-state index in [-0.39, 0.29) is 18.2 Å². The molecule has 1 aliphatic carbocycles. The van der Waals surface area contributed by atoms with Crippen LogP contribution in [0, 0.1) is 0 Å². The van der Waals surface area contributed by atoms with Crippen LogP contribution in [0.3, 0.4) is 0 Å². The first-order valence-electron chi connectivity index (χ1n) is 5.78. The predicted octanol–water partition coefficient (Wildman–Crippen LogP) is 2.09. The summed E-state index contributed by atoms with van der Waals surface area (Å²) in [6, 6.07) is 9.83. The molecule has 17 heavy (non-hydrogen) atoms. The van der Waals surface area contributed by atoms with E-state index in [0.29, 0.717) is 6.61 Å². The van der Waals surface area contributed by atoms with Gasteiger partial charge in [-0.15, -0.1) is 0 Å². The van der Waals surface area contributed by atoms with Crippen LogP contribution in [0.1, 0.15) is 18.4 Å². The summed E-state index contributed by atoms with van der Waals surface area (Å²) < 4.78 is 10.2. The molecule has 2 rings (SSSR count). The highest BCUT2D eigenvalue weighted by Gasteiger charge is 2.30. The average Bonchev–Trinajstić information content (AvgIpc) is 2.32. The van der Waals surface area contributed by atoms with Crippen LogP contribution >= 0.6 is 0 Å². The average molecular weight is 235 g/mol. The van der Waals surface area contributed by atoms with Gasteiger partial charge in [0.05, 0.1) is 6.10 Å². The Bertz CT molecular complexity index is 360. The Morgan fingerprint density at radius 1 is 1.35 bits per heavy atom. The summed E-state index contributed by atoms with van der Waals surface area (Å²) in [6.07, 6.45) is 1.68. The van der Waals surface area contributed by atoms with Crippen molar-refractivity contribution in [3.8, 4) is 0 Å². The zero-order valence-corrected chi connectivity index (χ0v) is 9.89. The zero-order valence-electron chi connectivity index (χ0n) is 9.89. The molecule has 4 nitrogen and oxygen atoms in total. The first kappa shape index (κ1) is 11.9. The third-order valence-electron chi connectivity index (χ3n) is 2.96. The molecule has 0 bridgehead atoms. The molecule has 0 heterocycles. The monoisotopic (exact) mass is 235 g/mol. The van der Waals surface area contributed by atoms with Crippen molar-refractivity contribution in [1.82, 2.24) is 5.32 Å². The topological polar surface area (TPSA) is 47.6 Å². The molecule has 92 valence electrons. The Labute approximate surface area is 101 Å². The molecule has 0 atom stereocenters. The lowest BCUT2D eigenvalue weighted by Gasteiger charge is -2.34. The largest absolute Gasteiger partial charge is 0.445 e. The highest BCUT2D eigenvalue weighted by Crippen LogP contribution is 2.22. The molecule has 0 unspecified atom stereocenters. The smallest absolute Gasteiger partial charge is 0.407 e. The fraction of sp³-hybridized carbons (Fsp3) is 0.462. The van der Waals surface area contributed by atoms with Crippen LogP contribution in [0.4, 0.5) is 4.79 Å². The molecule has 1 amide bonds. The van der Waals surface area contributed by atoms with Crippen molar-refractivity contribution in [3.63, 3.8) is 0 Å². The van der Waals surface area contributed by atoms with Crippen LogP contribution in [-0.4, -0.2) is 25.3 Å². The maximum Gasteiger partial charge on any atom is 0.407 e. The lowest BCUT2D eigenvalue weighted by molar-refractivity contribution is 0.0162. The summed E-state index contributed by atoms with van der Waals surface area (Å²) in [5.41, 5.74) is 0.992. The van der Waals surface area contributed by atoms with Crippen molar-refractivity contribution in [2.45, 2.75) is 31.6 Å². The van der Waals surface area contributed by atoms with Crippen LogP contribution in [0.2, 0.25) is 0 Å². The Hall–Kier alpha value is -1.55. The van der Waals surface area contributed by atoms with Gasteiger partial charge in [-0.05, 0) is 18.4 Å². The van der Waals surface area contributed by atoms with E-state index < -0.39 is 0 Å². The van der Waals surface area contributed by atoms with Gasteiger partial charge in [0.15, 0.2) is 0 Å². The summed E-state index contributed by atoms with van der Waals surface area (Å²) in [5.74, 6) is 0. The van der Waals surface area contributed by atoms with Crippen LogP contribution in [-0.2, 0) is 16.1 Å². The van der Waals surface area contributed by atoms with Gasteiger partial charge in [0.1, 0.15) is 6.61 Å². The van der Waals surface area contributed by atoms with Crippen molar-refractivity contribution in [2.24, 2.45) is 0 Å². The fourth-order valence-electron chi connectivity index (χ4n) is 1.81. The molecule has 0 aromatic heterocycles. The van der Waals surface area contributed by atoms with Crippen LogP contribution in [0.25, 0.3) is 0 Å². The SMILES string of the molecule is COC1CC(NC(=O)OCc2ccccc2)C1. The molecular weight excluding hydrogens is 218 g/mol. The van der Waals surface area contributed by atoms with E-state index in [1.807, 2.05) is 30.3 Å². The van der Waals surface area contributed by atoms with E-state index in [4.69, 9.17) is 9.47 Å². The van der Waals surface area contributed by atoms with E-state index in [2.05, 4.69) is 5.32 Å². The first-order valence-corrected chi connectivity index (χ1v) is 5.78. The summed E-state index contributed by atoms with van der Waals surface area (Å²) in [5, 5.41) is 2.81. The van der Waals surface area contributed by atoms with Gasteiger partial charge < -0.3 is 14.8 Å². The minimum atomic E-state index is -0.353. The van der Waals surface area contributed by atoms with Crippen molar-refractivity contribution >= 4 is 6.09 Å². The van der Waals surface area contributed by atoms with Crippen LogP contribution in [0.5, 0.6) is 0 Å². The number of carbonyl (C=O) groups excluding carboxylic acids is 1. The molecular formula is C13H17NO3. The number of alkyl carbamates (subject to hydrolysis) is 1. The van der Waals surface area contributed by atoms with Crippen molar-refractivity contribution in [2.75, 3.05) is 7.11 Å². The molecule has 1 saturated carbocycles. The van der Waals surface area contributed by atoms with E-state index in [1.165, 1.54) is 0 Å². The van der Waals surface area contributed by atoms with Gasteiger partial charge >= 0.3 is 6.09 Å². The molecule has 1 aromatic carbocycles. The molecule has 1 aromatic rings. The third kappa shape index (κ3) is 3.46. The zero-order chi connectivity index (χ0) is 12.1. The Kier molecular flexibility index (Phi) is 3.98. The van der Waals surface area contributed by atoms with Gasteiger partial charge in [0.2, 0.25) is 0 Å². The number of ether oxygens (including phenoxy) is 2. The number of methoxy groups -OCH3 is 1. The number of hydrogen-bond acceptors (Lipinski definition) is 3. The van der Waals surface area contributed by atoms with E-state index in [0.717, 1.165) is 18.4 Å². The number of carbonyl (C=O) groups is 1. The van der Waals surface area contributed by atoms with Crippen molar-refractivity contribution < 1.29 is 14.3 Å². The molecule has 0 spiro atoms. The maximum absolute atomic E-state index is 11.4. The van der Waals surface area contributed by atoms with Crippen molar-refractivity contribution in [3.05, 3.63) is 35.9 Å². The number of amides is 1. The first-order chi connectivity index (χ1) is 8.28. The Balaban J connectivity index is 1.65. The second-order valence-electron chi connectivity index (χ2n) is 4.23. The summed E-state index contributed by atoms with van der Waals surface area (Å²) in [4.78, 5) is 11.4. The summed E-state index contributed by atoms with van der Waals surface area (Å²) in [7, 11) is 1.69. The quantitative estimate of drug-likeness (QED) is 0.869. The minimum Gasteiger partial charge on any atom is -0.445 e. The van der Waals surface area contributed by atoms with E-state index >= 15 is 0 Å². The number of benzene rings is 1. The predicted molar refractivity (Wildman–Crippen MR) is 63.6 cm³/mol. The van der Waals surface area contributed by atoms with Gasteiger partial charge in [-0.25, -0.2) is 4.79 Å². The molecule has 4 heteroatoms. The second kappa shape index (κ2) is 5.68. The van der Waals surface area contributed by atoms with Crippen LogP contribution in [0.15, 0.2) is 30.3 Å². The molecule has 1 fully saturated rings. The van der Waals surface area contributed by atoms with Gasteiger partial charge in [0.25, 0.3) is 0 Å². The second-order valence-corrected chi connectivity index (χ2v) is 4.23. The Morgan fingerprint density at radius 3 is 2.71 bits per heavy atom. The Morgan fingerprint density at radius 2 is 2.06 bits per heavy atom. The lowest BCUT2D eigenvalue weighted by Crippen LogP contribution is -2.47. The fourth-order valence-corrected chi connectivity index (χ4v) is 1.81. The molecule has 1 aliphatic rings. The summed E-state index contributed by atoms with van der Waals surface area (Å²) in [6.45, 7) is 0.313. The van der Waals surface area contributed by atoms with Crippen LogP contribution < -0.4 is 5.32 Å². The highest BCUT2D eigenvalue weighted by molar-refractivity contribution is 5.67. The molecule has 0 aliphatic heterocycles. The van der Waals surface area contributed by atoms with Gasteiger partial charge in [-0.2, -0.15) is 0 Å². The van der Waals surface area contributed by atoms with Gasteiger partial charge in [0, 0.05) is 13.2 Å². The van der Waals surface area contributed by atoms with Gasteiger partial charge in [-0.1, -0.05) is 30.3 Å². The number of nitrogens with one attached hydrogen (secondary N) is 1. The van der Waals surface area contributed by atoms with Crippen molar-refractivity contribution in [1.29, 1.82) is 0 Å². The summed E-state index contributed by atoms with van der Waals surface area (Å²) >= 11 is 0. The third-order valence-corrected chi connectivity index (χ3v) is 2.96. The van der Waals surface area contributed by atoms with E-state index in [9.17, 15) is 4.79 Å². The molecule has 0 saturated heterocycles. The lowest BCUT2D eigenvalue weighted by atomic mass is 9.89. The van der Waals surface area contributed by atoms with Gasteiger partial charge in [-0.3, -0.25) is 0 Å². The van der Waals surface area contributed by atoms with E-state index in [1.54, 1.807) is 7.11 Å². The molecule has 0 radical (unpaired) electrons. The number of rotatable bonds is 4. The standard InChI is InChI=1S/C13H17NO3/c1-16-12-7-11(8-12)14-13(15)17-9-10-5-3-2-4-6-10/h2-6,11-12H,7-9H2,1H3,(H,14,15). The minimum absolute atomic E-state index is 0.197.